The van der Waals surface area contributed by atoms with E-state index in [1.807, 2.05) is 19.2 Å². The second-order valence-electron chi connectivity index (χ2n) is 3.95. The highest BCUT2D eigenvalue weighted by Gasteiger charge is 2.14. The average Bonchev–Trinajstić information content (AvgIpc) is 2.89. The fourth-order valence-corrected chi connectivity index (χ4v) is 2.43. The van der Waals surface area contributed by atoms with E-state index in [9.17, 15) is 4.79 Å². The van der Waals surface area contributed by atoms with Crippen LogP contribution in [0.4, 0.5) is 0 Å². The zero-order valence-corrected chi connectivity index (χ0v) is 10.7. The van der Waals surface area contributed by atoms with Crippen LogP contribution in [0.1, 0.15) is 27.3 Å². The molecule has 0 unspecified atom stereocenters. The predicted octanol–water partition coefficient (Wildman–Crippen LogP) is 2.06. The van der Waals surface area contributed by atoms with Crippen molar-refractivity contribution in [3.8, 4) is 0 Å². The van der Waals surface area contributed by atoms with Crippen molar-refractivity contribution < 1.29 is 4.79 Å². The molecule has 2 heterocycles. The Balaban J connectivity index is 1.90. The Hall–Kier alpha value is -1.62. The molecule has 0 fully saturated rings. The first-order valence-electron chi connectivity index (χ1n) is 5.49. The Bertz CT molecular complexity index is 482. The maximum absolute atomic E-state index is 11.9. The van der Waals surface area contributed by atoms with E-state index in [4.69, 9.17) is 0 Å². The molecule has 0 aliphatic rings. The van der Waals surface area contributed by atoms with Crippen LogP contribution in [0.3, 0.4) is 0 Å². The van der Waals surface area contributed by atoms with Gasteiger partial charge in [-0.2, -0.15) is 16.4 Å². The Morgan fingerprint density at radius 1 is 1.53 bits per heavy atom. The number of aromatic amines is 1. The number of rotatable bonds is 4. The molecule has 2 aromatic heterocycles. The van der Waals surface area contributed by atoms with Crippen LogP contribution in [-0.4, -0.2) is 22.6 Å². The maximum atomic E-state index is 11.9. The van der Waals surface area contributed by atoms with E-state index in [2.05, 4.69) is 27.0 Å². The van der Waals surface area contributed by atoms with Gasteiger partial charge in [0.05, 0.1) is 11.3 Å². The summed E-state index contributed by atoms with van der Waals surface area (Å²) in [5.74, 6) is -0.0519. The lowest BCUT2D eigenvalue weighted by Crippen LogP contribution is -2.26. The van der Waals surface area contributed by atoms with Gasteiger partial charge in [-0.05, 0) is 42.7 Å². The number of carbonyl (C=O) groups is 1. The van der Waals surface area contributed by atoms with Crippen LogP contribution in [0.25, 0.3) is 0 Å². The Morgan fingerprint density at radius 3 is 2.94 bits per heavy atom. The van der Waals surface area contributed by atoms with Crippen LogP contribution < -0.4 is 5.32 Å². The summed E-state index contributed by atoms with van der Waals surface area (Å²) in [6.07, 6.45) is 0.866. The molecular formula is C12H15N3OS. The van der Waals surface area contributed by atoms with Gasteiger partial charge in [-0.3, -0.25) is 9.89 Å². The Labute approximate surface area is 104 Å². The topological polar surface area (TPSA) is 57.8 Å². The van der Waals surface area contributed by atoms with E-state index in [0.29, 0.717) is 12.1 Å². The standard InChI is InChI=1S/C12H15N3OS/c1-8-11(9(2)15-14-8)12(16)13-5-3-10-4-6-17-7-10/h4,6-7H,3,5H2,1-2H3,(H,13,16)(H,14,15). The first-order chi connectivity index (χ1) is 8.18. The molecule has 0 aliphatic heterocycles. The van der Waals surface area contributed by atoms with E-state index in [1.165, 1.54) is 5.56 Å². The second kappa shape index (κ2) is 5.14. The zero-order valence-electron chi connectivity index (χ0n) is 9.91. The fourth-order valence-electron chi connectivity index (χ4n) is 1.73. The molecule has 5 heteroatoms. The van der Waals surface area contributed by atoms with Gasteiger partial charge in [0.15, 0.2) is 0 Å². The number of aryl methyl sites for hydroxylation is 2. The molecule has 0 radical (unpaired) electrons. The lowest BCUT2D eigenvalue weighted by molar-refractivity contribution is 0.0953. The summed E-state index contributed by atoms with van der Waals surface area (Å²) < 4.78 is 0. The van der Waals surface area contributed by atoms with Gasteiger partial charge in [0, 0.05) is 12.2 Å². The smallest absolute Gasteiger partial charge is 0.255 e. The number of nitrogens with one attached hydrogen (secondary N) is 2. The van der Waals surface area contributed by atoms with E-state index in [0.717, 1.165) is 17.8 Å². The zero-order chi connectivity index (χ0) is 12.3. The van der Waals surface area contributed by atoms with Gasteiger partial charge < -0.3 is 5.32 Å². The van der Waals surface area contributed by atoms with Crippen LogP contribution in [-0.2, 0) is 6.42 Å². The van der Waals surface area contributed by atoms with E-state index < -0.39 is 0 Å². The first kappa shape index (κ1) is 11.9. The van der Waals surface area contributed by atoms with Gasteiger partial charge >= 0.3 is 0 Å². The van der Waals surface area contributed by atoms with Crippen LogP contribution >= 0.6 is 11.3 Å². The van der Waals surface area contributed by atoms with Crippen molar-refractivity contribution in [3.63, 3.8) is 0 Å². The molecule has 0 aliphatic carbocycles. The van der Waals surface area contributed by atoms with Gasteiger partial charge in [0.2, 0.25) is 0 Å². The fraction of sp³-hybridized carbons (Fsp3) is 0.333. The van der Waals surface area contributed by atoms with Gasteiger partial charge in [-0.15, -0.1) is 0 Å². The summed E-state index contributed by atoms with van der Waals surface area (Å²) in [7, 11) is 0. The van der Waals surface area contributed by atoms with E-state index in [1.54, 1.807) is 11.3 Å². The molecular weight excluding hydrogens is 234 g/mol. The van der Waals surface area contributed by atoms with Crippen molar-refractivity contribution in [1.82, 2.24) is 15.5 Å². The third-order valence-corrected chi connectivity index (χ3v) is 3.37. The lowest BCUT2D eigenvalue weighted by atomic mass is 10.2. The maximum Gasteiger partial charge on any atom is 0.255 e. The summed E-state index contributed by atoms with van der Waals surface area (Å²) in [6.45, 7) is 4.34. The minimum atomic E-state index is -0.0519. The molecule has 0 aromatic carbocycles. The molecule has 0 bridgehead atoms. The quantitative estimate of drug-likeness (QED) is 0.871. The number of amides is 1. The van der Waals surface area contributed by atoms with Crippen molar-refractivity contribution in [2.75, 3.05) is 6.54 Å². The number of aromatic nitrogens is 2. The molecule has 2 rings (SSSR count). The molecule has 2 aromatic rings. The highest BCUT2D eigenvalue weighted by molar-refractivity contribution is 7.07. The number of hydrogen-bond acceptors (Lipinski definition) is 3. The third-order valence-electron chi connectivity index (χ3n) is 2.63. The van der Waals surface area contributed by atoms with Gasteiger partial charge in [-0.1, -0.05) is 0 Å². The van der Waals surface area contributed by atoms with Gasteiger partial charge in [0.1, 0.15) is 0 Å². The number of hydrogen-bond donors (Lipinski definition) is 2. The van der Waals surface area contributed by atoms with E-state index >= 15 is 0 Å². The minimum absolute atomic E-state index is 0.0519. The summed E-state index contributed by atoms with van der Waals surface area (Å²) in [4.78, 5) is 11.9. The molecule has 90 valence electrons. The second-order valence-corrected chi connectivity index (χ2v) is 4.73. The third kappa shape index (κ3) is 2.74. The van der Waals surface area contributed by atoms with Crippen molar-refractivity contribution >= 4 is 17.2 Å². The average molecular weight is 249 g/mol. The SMILES string of the molecule is Cc1n[nH]c(C)c1C(=O)NCCc1ccsc1. The molecule has 0 saturated carbocycles. The predicted molar refractivity (Wildman–Crippen MR) is 68.4 cm³/mol. The summed E-state index contributed by atoms with van der Waals surface area (Å²) in [6, 6.07) is 2.07. The summed E-state index contributed by atoms with van der Waals surface area (Å²) >= 11 is 1.67. The summed E-state index contributed by atoms with van der Waals surface area (Å²) in [5.41, 5.74) is 3.48. The molecule has 4 nitrogen and oxygen atoms in total. The lowest BCUT2D eigenvalue weighted by Gasteiger charge is -2.04. The highest BCUT2D eigenvalue weighted by Crippen LogP contribution is 2.09. The molecule has 2 N–H and O–H groups in total. The monoisotopic (exact) mass is 249 g/mol. The van der Waals surface area contributed by atoms with Crippen LogP contribution in [0.15, 0.2) is 16.8 Å². The number of thiophene rings is 1. The minimum Gasteiger partial charge on any atom is -0.352 e. The largest absolute Gasteiger partial charge is 0.352 e. The van der Waals surface area contributed by atoms with Crippen molar-refractivity contribution in [1.29, 1.82) is 0 Å². The molecule has 0 spiro atoms. The van der Waals surface area contributed by atoms with Crippen molar-refractivity contribution in [3.05, 3.63) is 39.3 Å². The molecule has 0 saturated heterocycles. The summed E-state index contributed by atoms with van der Waals surface area (Å²) in [5, 5.41) is 13.9. The van der Waals surface area contributed by atoms with Crippen LogP contribution in [0.2, 0.25) is 0 Å². The first-order valence-corrected chi connectivity index (χ1v) is 6.43. The normalized spacial score (nSPS) is 10.5. The van der Waals surface area contributed by atoms with Gasteiger partial charge in [0.25, 0.3) is 5.91 Å². The van der Waals surface area contributed by atoms with Gasteiger partial charge in [-0.25, -0.2) is 0 Å². The van der Waals surface area contributed by atoms with Crippen LogP contribution in [0.5, 0.6) is 0 Å². The molecule has 17 heavy (non-hydrogen) atoms. The Kier molecular flexibility index (Phi) is 3.58. The molecule has 1 amide bonds. The number of nitrogens with zero attached hydrogens (tertiary/aromatic N) is 1. The molecule has 0 atom stereocenters. The van der Waals surface area contributed by atoms with Crippen molar-refractivity contribution in [2.45, 2.75) is 20.3 Å². The number of carbonyl (C=O) groups excluding carboxylic acids is 1. The van der Waals surface area contributed by atoms with Crippen molar-refractivity contribution in [2.24, 2.45) is 0 Å². The van der Waals surface area contributed by atoms with Crippen LogP contribution in [0, 0.1) is 13.8 Å². The highest BCUT2D eigenvalue weighted by atomic mass is 32.1. The van der Waals surface area contributed by atoms with E-state index in [-0.39, 0.29) is 5.91 Å². The Morgan fingerprint density at radius 2 is 2.35 bits per heavy atom. The number of H-pyrrole nitrogens is 1.